The minimum absolute atomic E-state index is 0.119. The van der Waals surface area contributed by atoms with Gasteiger partial charge in [0.1, 0.15) is 5.75 Å². The molecule has 0 saturated carbocycles. The van der Waals surface area contributed by atoms with Crippen LogP contribution in [0, 0.1) is 5.92 Å². The number of nitrogens with one attached hydrogen (secondary N) is 2. The lowest BCUT2D eigenvalue weighted by Gasteiger charge is -2.11. The van der Waals surface area contributed by atoms with Gasteiger partial charge in [0.15, 0.2) is 0 Å². The zero-order chi connectivity index (χ0) is 19.6. The average Bonchev–Trinajstić information content (AvgIpc) is 2.66. The van der Waals surface area contributed by atoms with E-state index in [1.54, 1.807) is 24.3 Å². The van der Waals surface area contributed by atoms with Gasteiger partial charge in [0.2, 0.25) is 5.91 Å². The van der Waals surface area contributed by atoms with Crippen molar-refractivity contribution in [2.24, 2.45) is 5.92 Å². The molecule has 0 spiro atoms. The number of hydrogen-bond acceptors (Lipinski definition) is 5. The SMILES string of the molecule is COC(=O)c1ccc(NC(=O)CNc2cccc(OCCC(C)C)c2)cc1. The van der Waals surface area contributed by atoms with E-state index in [4.69, 9.17) is 4.74 Å². The molecule has 2 rings (SSSR count). The second-order valence-corrected chi connectivity index (χ2v) is 6.53. The molecule has 1 amide bonds. The normalized spacial score (nSPS) is 10.4. The predicted octanol–water partition coefficient (Wildman–Crippen LogP) is 3.95. The zero-order valence-corrected chi connectivity index (χ0v) is 16.0. The molecule has 0 radical (unpaired) electrons. The number of benzene rings is 2. The Morgan fingerprint density at radius 2 is 1.78 bits per heavy atom. The van der Waals surface area contributed by atoms with Crippen LogP contribution in [0.25, 0.3) is 0 Å². The summed E-state index contributed by atoms with van der Waals surface area (Å²) >= 11 is 0. The van der Waals surface area contributed by atoms with Crippen molar-refractivity contribution in [3.8, 4) is 5.75 Å². The molecule has 144 valence electrons. The van der Waals surface area contributed by atoms with E-state index in [-0.39, 0.29) is 12.5 Å². The number of methoxy groups -OCH3 is 1. The Morgan fingerprint density at radius 3 is 2.44 bits per heavy atom. The van der Waals surface area contributed by atoms with Crippen LogP contribution < -0.4 is 15.4 Å². The fourth-order valence-electron chi connectivity index (χ4n) is 2.30. The van der Waals surface area contributed by atoms with E-state index in [0.717, 1.165) is 17.9 Å². The standard InChI is InChI=1S/C21H26N2O4/c1-15(2)11-12-27-19-6-4-5-18(13-19)22-14-20(24)23-17-9-7-16(8-10-17)21(25)26-3/h4-10,13,15,22H,11-12,14H2,1-3H3,(H,23,24). The third kappa shape index (κ3) is 7.01. The van der Waals surface area contributed by atoms with Crippen LogP contribution in [0.1, 0.15) is 30.6 Å². The Hall–Kier alpha value is -3.02. The first-order valence-corrected chi connectivity index (χ1v) is 8.93. The molecular formula is C21H26N2O4. The second kappa shape index (κ2) is 10.2. The molecule has 6 heteroatoms. The summed E-state index contributed by atoms with van der Waals surface area (Å²) in [4.78, 5) is 23.5. The van der Waals surface area contributed by atoms with Gasteiger partial charge in [0, 0.05) is 17.4 Å². The lowest BCUT2D eigenvalue weighted by Crippen LogP contribution is -2.21. The van der Waals surface area contributed by atoms with Crippen molar-refractivity contribution in [3.63, 3.8) is 0 Å². The summed E-state index contributed by atoms with van der Waals surface area (Å²) in [6.07, 6.45) is 0.995. The Bertz CT molecular complexity index is 757. The molecule has 0 aliphatic rings. The van der Waals surface area contributed by atoms with Gasteiger partial charge in [-0.3, -0.25) is 4.79 Å². The molecule has 27 heavy (non-hydrogen) atoms. The summed E-state index contributed by atoms with van der Waals surface area (Å²) in [5.41, 5.74) is 1.86. The second-order valence-electron chi connectivity index (χ2n) is 6.53. The van der Waals surface area contributed by atoms with Crippen molar-refractivity contribution in [2.45, 2.75) is 20.3 Å². The first-order chi connectivity index (χ1) is 13.0. The van der Waals surface area contributed by atoms with Crippen molar-refractivity contribution >= 4 is 23.3 Å². The summed E-state index contributed by atoms with van der Waals surface area (Å²) < 4.78 is 10.4. The number of carbonyl (C=O) groups is 2. The number of esters is 1. The topological polar surface area (TPSA) is 76.7 Å². The molecule has 6 nitrogen and oxygen atoms in total. The lowest BCUT2D eigenvalue weighted by molar-refractivity contribution is -0.114. The van der Waals surface area contributed by atoms with Crippen LogP contribution >= 0.6 is 0 Å². The Kier molecular flexibility index (Phi) is 7.67. The Morgan fingerprint density at radius 1 is 1.04 bits per heavy atom. The monoisotopic (exact) mass is 370 g/mol. The average molecular weight is 370 g/mol. The van der Waals surface area contributed by atoms with Gasteiger partial charge in [-0.2, -0.15) is 0 Å². The highest BCUT2D eigenvalue weighted by molar-refractivity contribution is 5.95. The molecule has 0 bridgehead atoms. The van der Waals surface area contributed by atoms with Gasteiger partial charge in [-0.15, -0.1) is 0 Å². The van der Waals surface area contributed by atoms with E-state index in [0.29, 0.717) is 23.8 Å². The summed E-state index contributed by atoms with van der Waals surface area (Å²) in [6.45, 7) is 5.10. The molecule has 0 aliphatic heterocycles. The van der Waals surface area contributed by atoms with Crippen molar-refractivity contribution in [1.29, 1.82) is 0 Å². The van der Waals surface area contributed by atoms with E-state index < -0.39 is 5.97 Å². The van der Waals surface area contributed by atoms with Gasteiger partial charge >= 0.3 is 5.97 Å². The van der Waals surface area contributed by atoms with Gasteiger partial charge in [-0.05, 0) is 48.7 Å². The quantitative estimate of drug-likeness (QED) is 0.654. The van der Waals surface area contributed by atoms with Gasteiger partial charge in [-0.25, -0.2) is 4.79 Å². The van der Waals surface area contributed by atoms with Crippen LogP contribution in [0.4, 0.5) is 11.4 Å². The maximum Gasteiger partial charge on any atom is 0.337 e. The maximum absolute atomic E-state index is 12.1. The van der Waals surface area contributed by atoms with Crippen molar-refractivity contribution in [3.05, 3.63) is 54.1 Å². The van der Waals surface area contributed by atoms with Gasteiger partial charge < -0.3 is 20.1 Å². The largest absolute Gasteiger partial charge is 0.494 e. The van der Waals surface area contributed by atoms with Crippen LogP contribution in [-0.4, -0.2) is 32.1 Å². The van der Waals surface area contributed by atoms with Crippen LogP contribution in [0.15, 0.2) is 48.5 Å². The minimum Gasteiger partial charge on any atom is -0.494 e. The molecular weight excluding hydrogens is 344 g/mol. The first-order valence-electron chi connectivity index (χ1n) is 8.93. The first kappa shape index (κ1) is 20.3. The molecule has 2 N–H and O–H groups in total. The molecule has 0 unspecified atom stereocenters. The van der Waals surface area contributed by atoms with Crippen LogP contribution in [0.2, 0.25) is 0 Å². The van der Waals surface area contributed by atoms with Gasteiger partial charge in [-0.1, -0.05) is 19.9 Å². The van der Waals surface area contributed by atoms with E-state index >= 15 is 0 Å². The number of hydrogen-bond donors (Lipinski definition) is 2. The summed E-state index contributed by atoms with van der Waals surface area (Å²) in [5.74, 6) is 0.771. The number of anilines is 2. The van der Waals surface area contributed by atoms with Gasteiger partial charge in [0.25, 0.3) is 0 Å². The summed E-state index contributed by atoms with van der Waals surface area (Å²) in [6, 6.07) is 14.1. The van der Waals surface area contributed by atoms with E-state index in [2.05, 4.69) is 29.2 Å². The smallest absolute Gasteiger partial charge is 0.337 e. The highest BCUT2D eigenvalue weighted by Gasteiger charge is 2.07. The molecule has 0 saturated heterocycles. The highest BCUT2D eigenvalue weighted by atomic mass is 16.5. The lowest BCUT2D eigenvalue weighted by atomic mass is 10.1. The van der Waals surface area contributed by atoms with Gasteiger partial charge in [0.05, 0.1) is 25.8 Å². The predicted molar refractivity (Wildman–Crippen MR) is 106 cm³/mol. The zero-order valence-electron chi connectivity index (χ0n) is 16.0. The van der Waals surface area contributed by atoms with Crippen molar-refractivity contribution in [2.75, 3.05) is 30.9 Å². The molecule has 0 aliphatic carbocycles. The van der Waals surface area contributed by atoms with Crippen molar-refractivity contribution < 1.29 is 19.1 Å². The van der Waals surface area contributed by atoms with E-state index in [1.165, 1.54) is 7.11 Å². The number of carbonyl (C=O) groups excluding carboxylic acids is 2. The highest BCUT2D eigenvalue weighted by Crippen LogP contribution is 2.18. The fourth-order valence-corrected chi connectivity index (χ4v) is 2.30. The van der Waals surface area contributed by atoms with Crippen LogP contribution in [0.5, 0.6) is 5.75 Å². The number of rotatable bonds is 9. The Labute approximate surface area is 159 Å². The Balaban J connectivity index is 1.82. The molecule has 0 atom stereocenters. The third-order valence-electron chi connectivity index (χ3n) is 3.84. The summed E-state index contributed by atoms with van der Waals surface area (Å²) in [7, 11) is 1.33. The van der Waals surface area contributed by atoms with E-state index in [9.17, 15) is 9.59 Å². The summed E-state index contributed by atoms with van der Waals surface area (Å²) in [5, 5.41) is 5.85. The minimum atomic E-state index is -0.412. The van der Waals surface area contributed by atoms with Crippen LogP contribution in [-0.2, 0) is 9.53 Å². The molecule has 2 aromatic carbocycles. The van der Waals surface area contributed by atoms with Crippen molar-refractivity contribution in [1.82, 2.24) is 0 Å². The maximum atomic E-state index is 12.1. The molecule has 0 fully saturated rings. The molecule has 0 heterocycles. The van der Waals surface area contributed by atoms with Crippen LogP contribution in [0.3, 0.4) is 0 Å². The molecule has 0 aromatic heterocycles. The fraction of sp³-hybridized carbons (Fsp3) is 0.333. The molecule has 2 aromatic rings. The number of ether oxygens (including phenoxy) is 2. The number of amides is 1. The van der Waals surface area contributed by atoms with E-state index in [1.807, 2.05) is 24.3 Å². The third-order valence-corrected chi connectivity index (χ3v) is 3.84.